The van der Waals surface area contributed by atoms with Crippen molar-refractivity contribution in [3.8, 4) is 0 Å². The molecule has 0 radical (unpaired) electrons. The molecule has 0 fully saturated rings. The number of hydrogen-bond acceptors (Lipinski definition) is 4. The second kappa shape index (κ2) is 4.93. The molecule has 0 rings (SSSR count). The third kappa shape index (κ3) is 4.03. The van der Waals surface area contributed by atoms with Gasteiger partial charge in [0.2, 0.25) is 0 Å². The minimum Gasteiger partial charge on any atom is -0.542 e. The number of unbranched alkanes of at least 4 members (excludes halogenated alkanes) is 1. The summed E-state index contributed by atoms with van der Waals surface area (Å²) in [5.41, 5.74) is 5.12. The van der Waals surface area contributed by atoms with Crippen LogP contribution in [0, 0.1) is 0 Å². The highest BCUT2D eigenvalue weighted by Crippen LogP contribution is 1.93. The van der Waals surface area contributed by atoms with Crippen molar-refractivity contribution in [2.45, 2.75) is 19.3 Å². The van der Waals surface area contributed by atoms with Crippen LogP contribution in [0.3, 0.4) is 0 Å². The molecule has 0 unspecified atom stereocenters. The quantitative estimate of drug-likeness (QED) is 0.373. The Morgan fingerprint density at radius 2 is 1.90 bits per heavy atom. The maximum absolute atomic E-state index is 10.3. The van der Waals surface area contributed by atoms with Gasteiger partial charge in [0.25, 0.3) is 0 Å². The number of rotatable bonds is 5. The number of ketones is 1. The van der Waals surface area contributed by atoms with Gasteiger partial charge in [-0.25, -0.2) is 0 Å². The van der Waals surface area contributed by atoms with Crippen LogP contribution in [0.2, 0.25) is 0 Å². The summed E-state index contributed by atoms with van der Waals surface area (Å²) in [6, 6.07) is 0. The van der Waals surface area contributed by atoms with Crippen molar-refractivity contribution in [2.75, 3.05) is 6.54 Å². The molecule has 0 aromatic carbocycles. The Morgan fingerprint density at radius 1 is 1.30 bits per heavy atom. The molecule has 0 bridgehead atoms. The van der Waals surface area contributed by atoms with E-state index in [0.29, 0.717) is 19.4 Å². The molecule has 0 spiro atoms. The van der Waals surface area contributed by atoms with Crippen LogP contribution in [0.25, 0.3) is 0 Å². The molecule has 0 amide bonds. The Hall–Kier alpha value is -0.900. The number of hydrogen-bond donors (Lipinski definition) is 1. The van der Waals surface area contributed by atoms with Gasteiger partial charge in [0, 0.05) is 6.42 Å². The van der Waals surface area contributed by atoms with Crippen LogP contribution < -0.4 is 10.8 Å². The van der Waals surface area contributed by atoms with Gasteiger partial charge in [0.05, 0.1) is 0 Å². The van der Waals surface area contributed by atoms with E-state index in [2.05, 4.69) is 0 Å². The second-order valence-electron chi connectivity index (χ2n) is 1.96. The third-order valence-corrected chi connectivity index (χ3v) is 1.09. The largest absolute Gasteiger partial charge is 0.542 e. The Kier molecular flexibility index (Phi) is 4.49. The molecule has 0 aromatic heterocycles. The molecule has 4 nitrogen and oxygen atoms in total. The maximum atomic E-state index is 10.3. The number of aliphatic carboxylic acids is 1. The first kappa shape index (κ1) is 9.10. The fourth-order valence-electron chi connectivity index (χ4n) is 0.532. The van der Waals surface area contributed by atoms with Gasteiger partial charge >= 0.3 is 0 Å². The molecule has 0 saturated carbocycles. The van der Waals surface area contributed by atoms with E-state index in [1.807, 2.05) is 0 Å². The molecular weight excluding hydrogens is 134 g/mol. The molecule has 0 aliphatic heterocycles. The van der Waals surface area contributed by atoms with Crippen LogP contribution in [0.5, 0.6) is 0 Å². The van der Waals surface area contributed by atoms with Crippen molar-refractivity contribution >= 4 is 11.8 Å². The number of carbonyl (C=O) groups is 2. The molecule has 0 aliphatic carbocycles. The van der Waals surface area contributed by atoms with Gasteiger partial charge in [-0.2, -0.15) is 0 Å². The predicted octanol–water partition coefficient (Wildman–Crippen LogP) is -1.57. The Bertz CT molecular complexity index is 133. The van der Waals surface area contributed by atoms with Gasteiger partial charge in [0.15, 0.2) is 5.78 Å². The van der Waals surface area contributed by atoms with Crippen molar-refractivity contribution in [3.63, 3.8) is 0 Å². The van der Waals surface area contributed by atoms with Crippen LogP contribution in [0.1, 0.15) is 19.3 Å². The van der Waals surface area contributed by atoms with Crippen molar-refractivity contribution < 1.29 is 14.7 Å². The van der Waals surface area contributed by atoms with Crippen LogP contribution in [-0.2, 0) is 9.59 Å². The third-order valence-electron chi connectivity index (χ3n) is 1.09. The van der Waals surface area contributed by atoms with E-state index >= 15 is 0 Å². The van der Waals surface area contributed by atoms with Gasteiger partial charge in [-0.1, -0.05) is 0 Å². The topological polar surface area (TPSA) is 83.2 Å². The van der Waals surface area contributed by atoms with Crippen molar-refractivity contribution in [1.82, 2.24) is 0 Å². The van der Waals surface area contributed by atoms with Crippen LogP contribution >= 0.6 is 0 Å². The monoisotopic (exact) mass is 144 g/mol. The zero-order chi connectivity index (χ0) is 7.98. The molecular formula is C6H10NO3-. The average molecular weight is 144 g/mol. The first-order chi connectivity index (χ1) is 4.68. The van der Waals surface area contributed by atoms with Gasteiger partial charge < -0.3 is 15.6 Å². The summed E-state index contributed by atoms with van der Waals surface area (Å²) in [5.74, 6) is -2.44. The second-order valence-corrected chi connectivity index (χ2v) is 1.96. The lowest BCUT2D eigenvalue weighted by atomic mass is 10.2. The number of carbonyl (C=O) groups excluding carboxylic acids is 2. The summed E-state index contributed by atoms with van der Waals surface area (Å²) < 4.78 is 0. The van der Waals surface area contributed by atoms with E-state index in [1.165, 1.54) is 0 Å². The zero-order valence-corrected chi connectivity index (χ0v) is 5.63. The lowest BCUT2D eigenvalue weighted by Gasteiger charge is -1.98. The van der Waals surface area contributed by atoms with Crippen LogP contribution in [-0.4, -0.2) is 18.3 Å². The molecule has 0 saturated heterocycles. The standard InChI is InChI=1S/C6H11NO3/c7-4-2-1-3-5(8)6(9)10/h1-4,7H2,(H,9,10)/p-1. The molecule has 58 valence electrons. The van der Waals surface area contributed by atoms with Gasteiger partial charge in [0.1, 0.15) is 5.97 Å². The average Bonchev–Trinajstić information content (AvgIpc) is 1.88. The smallest absolute Gasteiger partial charge is 0.178 e. The Morgan fingerprint density at radius 3 is 2.30 bits per heavy atom. The molecule has 0 atom stereocenters. The summed E-state index contributed by atoms with van der Waals surface area (Å²) in [4.78, 5) is 20.1. The maximum Gasteiger partial charge on any atom is 0.178 e. The van der Waals surface area contributed by atoms with Crippen molar-refractivity contribution in [1.29, 1.82) is 0 Å². The number of nitrogens with two attached hydrogens (primary N) is 1. The molecule has 0 heterocycles. The molecule has 0 aromatic rings. The van der Waals surface area contributed by atoms with E-state index in [1.54, 1.807) is 0 Å². The number of carboxylic acids is 1. The van der Waals surface area contributed by atoms with Crippen molar-refractivity contribution in [2.24, 2.45) is 5.73 Å². The summed E-state index contributed by atoms with van der Waals surface area (Å²) in [6.45, 7) is 0.486. The van der Waals surface area contributed by atoms with Crippen LogP contribution in [0.15, 0.2) is 0 Å². The highest BCUT2D eigenvalue weighted by molar-refractivity contribution is 6.31. The highest BCUT2D eigenvalue weighted by atomic mass is 16.4. The van der Waals surface area contributed by atoms with E-state index in [9.17, 15) is 14.7 Å². The Labute approximate surface area is 59.0 Å². The fourth-order valence-corrected chi connectivity index (χ4v) is 0.532. The summed E-state index contributed by atoms with van der Waals surface area (Å²) in [6.07, 6.45) is 1.25. The summed E-state index contributed by atoms with van der Waals surface area (Å²) in [7, 11) is 0. The van der Waals surface area contributed by atoms with E-state index in [4.69, 9.17) is 5.73 Å². The number of Topliss-reactive ketones (excluding diaryl/α,β-unsaturated/α-hetero) is 1. The van der Waals surface area contributed by atoms with Gasteiger partial charge in [-0.05, 0) is 19.4 Å². The predicted molar refractivity (Wildman–Crippen MR) is 32.9 cm³/mol. The highest BCUT2D eigenvalue weighted by Gasteiger charge is 2.00. The lowest BCUT2D eigenvalue weighted by molar-refractivity contribution is -0.300. The molecule has 2 N–H and O–H groups in total. The van der Waals surface area contributed by atoms with E-state index < -0.39 is 11.8 Å². The van der Waals surface area contributed by atoms with Gasteiger partial charge in [-0.3, -0.25) is 4.79 Å². The van der Waals surface area contributed by atoms with Crippen molar-refractivity contribution in [3.05, 3.63) is 0 Å². The first-order valence-corrected chi connectivity index (χ1v) is 3.12. The Balaban J connectivity index is 3.31. The summed E-state index contributed by atoms with van der Waals surface area (Å²) >= 11 is 0. The molecule has 10 heavy (non-hydrogen) atoms. The minimum absolute atomic E-state index is 0.0412. The summed E-state index contributed by atoms with van der Waals surface area (Å²) in [5, 5.41) is 9.80. The van der Waals surface area contributed by atoms with E-state index in [0.717, 1.165) is 0 Å². The molecule has 0 aliphatic rings. The normalized spacial score (nSPS) is 9.30. The zero-order valence-electron chi connectivity index (χ0n) is 5.63. The fraction of sp³-hybridized carbons (Fsp3) is 0.667. The lowest BCUT2D eigenvalue weighted by Crippen LogP contribution is -2.31. The van der Waals surface area contributed by atoms with Gasteiger partial charge in [-0.15, -0.1) is 0 Å². The van der Waals surface area contributed by atoms with Crippen LogP contribution in [0.4, 0.5) is 0 Å². The number of carboxylic acid groups (broad SMARTS) is 1. The molecule has 4 heteroatoms. The van der Waals surface area contributed by atoms with E-state index in [-0.39, 0.29) is 6.42 Å². The SMILES string of the molecule is NCCCCC(=O)C(=O)[O-]. The minimum atomic E-state index is -1.60. The first-order valence-electron chi connectivity index (χ1n) is 3.12.